The number of aromatic amines is 1. The van der Waals surface area contributed by atoms with Gasteiger partial charge in [-0.05, 0) is 36.8 Å². The fourth-order valence-corrected chi connectivity index (χ4v) is 3.44. The van der Waals surface area contributed by atoms with Crippen LogP contribution in [0.5, 0.6) is 0 Å². The van der Waals surface area contributed by atoms with Crippen molar-refractivity contribution in [1.29, 1.82) is 0 Å². The first kappa shape index (κ1) is 16.9. The van der Waals surface area contributed by atoms with Crippen LogP contribution in [0.15, 0.2) is 42.5 Å². The fourth-order valence-electron chi connectivity index (χ4n) is 2.28. The quantitative estimate of drug-likeness (QED) is 0.651. The molecule has 3 aromatic rings. The molecule has 0 fully saturated rings. The van der Waals surface area contributed by atoms with Gasteiger partial charge in [0.1, 0.15) is 17.5 Å². The van der Waals surface area contributed by atoms with Crippen LogP contribution in [0.1, 0.15) is 17.0 Å². The highest BCUT2D eigenvalue weighted by Crippen LogP contribution is 2.21. The number of nitrogens with one attached hydrogen (secondary N) is 1. The van der Waals surface area contributed by atoms with E-state index in [1.165, 1.54) is 27.8 Å². The Bertz CT molecular complexity index is 901. The van der Waals surface area contributed by atoms with Gasteiger partial charge in [-0.1, -0.05) is 29.8 Å². The topological polar surface area (TPSA) is 33.6 Å². The molecule has 2 aromatic carbocycles. The molecule has 0 amide bonds. The number of rotatable bonds is 5. The zero-order chi connectivity index (χ0) is 17.1. The van der Waals surface area contributed by atoms with Crippen molar-refractivity contribution in [1.82, 2.24) is 14.8 Å². The van der Waals surface area contributed by atoms with E-state index in [1.54, 1.807) is 11.8 Å². The van der Waals surface area contributed by atoms with E-state index in [0.717, 1.165) is 11.8 Å². The molecule has 3 nitrogen and oxygen atoms in total. The van der Waals surface area contributed by atoms with E-state index in [4.69, 9.17) is 12.2 Å². The smallest absolute Gasteiger partial charge is 0.199 e. The van der Waals surface area contributed by atoms with Gasteiger partial charge in [0.15, 0.2) is 4.77 Å². The molecule has 0 aliphatic heterocycles. The van der Waals surface area contributed by atoms with Crippen molar-refractivity contribution >= 4 is 24.0 Å². The van der Waals surface area contributed by atoms with Crippen LogP contribution in [0.2, 0.25) is 0 Å². The lowest BCUT2D eigenvalue weighted by molar-refractivity contribution is 0.576. The fraction of sp³-hybridized carbons (Fsp3) is 0.176. The monoisotopic (exact) mass is 363 g/mol. The molecule has 24 heavy (non-hydrogen) atoms. The van der Waals surface area contributed by atoms with Crippen LogP contribution < -0.4 is 0 Å². The second-order valence-corrected chi connectivity index (χ2v) is 6.73. The van der Waals surface area contributed by atoms with Gasteiger partial charge in [0, 0.05) is 11.8 Å². The number of aryl methyl sites for hydroxylation is 1. The molecular formula is C17H15F2N3S2. The van der Waals surface area contributed by atoms with Gasteiger partial charge in [0.2, 0.25) is 0 Å². The Morgan fingerprint density at radius 3 is 2.58 bits per heavy atom. The van der Waals surface area contributed by atoms with Crippen molar-refractivity contribution in [3.8, 4) is 5.69 Å². The molecule has 0 unspecified atom stereocenters. The number of aromatic nitrogens is 3. The van der Waals surface area contributed by atoms with E-state index in [0.29, 0.717) is 11.6 Å². The Kier molecular flexibility index (Phi) is 5.11. The number of halogens is 2. The molecule has 0 bridgehead atoms. The summed E-state index contributed by atoms with van der Waals surface area (Å²) in [4.78, 5) is 0. The van der Waals surface area contributed by atoms with Crippen LogP contribution in [0.25, 0.3) is 5.69 Å². The Labute approximate surface area is 147 Å². The maximum atomic E-state index is 14.0. The minimum Gasteiger partial charge on any atom is -0.268 e. The predicted molar refractivity (Wildman–Crippen MR) is 94.8 cm³/mol. The van der Waals surface area contributed by atoms with Gasteiger partial charge in [-0.3, -0.25) is 9.67 Å². The third-order valence-electron chi connectivity index (χ3n) is 3.51. The van der Waals surface area contributed by atoms with E-state index in [1.807, 2.05) is 6.92 Å². The van der Waals surface area contributed by atoms with E-state index in [2.05, 4.69) is 34.5 Å². The summed E-state index contributed by atoms with van der Waals surface area (Å²) in [7, 11) is 0. The third-order valence-corrected chi connectivity index (χ3v) is 4.79. The van der Waals surface area contributed by atoms with Crippen LogP contribution in [-0.4, -0.2) is 14.8 Å². The van der Waals surface area contributed by atoms with Crippen LogP contribution in [-0.2, 0) is 11.5 Å². The molecule has 1 aromatic heterocycles. The maximum Gasteiger partial charge on any atom is 0.199 e. The predicted octanol–water partition coefficient (Wildman–Crippen LogP) is 4.95. The van der Waals surface area contributed by atoms with Crippen molar-refractivity contribution in [2.75, 3.05) is 0 Å². The highest BCUT2D eigenvalue weighted by molar-refractivity contribution is 7.97. The first-order valence-corrected chi connectivity index (χ1v) is 8.86. The van der Waals surface area contributed by atoms with Crippen LogP contribution in [0, 0.1) is 23.3 Å². The van der Waals surface area contributed by atoms with Gasteiger partial charge in [0.05, 0.1) is 11.4 Å². The average Bonchev–Trinajstić information content (AvgIpc) is 2.90. The van der Waals surface area contributed by atoms with Crippen molar-refractivity contribution in [3.63, 3.8) is 0 Å². The molecule has 0 spiro atoms. The van der Waals surface area contributed by atoms with Gasteiger partial charge in [-0.25, -0.2) is 8.78 Å². The van der Waals surface area contributed by atoms with E-state index in [9.17, 15) is 8.78 Å². The zero-order valence-corrected chi connectivity index (χ0v) is 14.6. The number of benzene rings is 2. The SMILES string of the molecule is Cc1ccc(CSCc2n[nH]c(=S)n2-c2ccc(F)cc2F)cc1. The number of hydrogen-bond acceptors (Lipinski definition) is 3. The summed E-state index contributed by atoms with van der Waals surface area (Å²) in [5, 5.41) is 6.84. The summed E-state index contributed by atoms with van der Waals surface area (Å²) < 4.78 is 28.9. The second kappa shape index (κ2) is 7.27. The van der Waals surface area contributed by atoms with Crippen molar-refractivity contribution in [2.45, 2.75) is 18.4 Å². The van der Waals surface area contributed by atoms with E-state index in [-0.39, 0.29) is 10.5 Å². The van der Waals surface area contributed by atoms with Crippen LogP contribution in [0.3, 0.4) is 0 Å². The normalized spacial score (nSPS) is 11.0. The molecule has 0 atom stereocenters. The standard InChI is InChI=1S/C17H15F2N3S2/c1-11-2-4-12(5-3-11)9-24-10-16-20-21-17(23)22(16)15-7-6-13(18)8-14(15)19/h2-8H,9-10H2,1H3,(H,21,23). The van der Waals surface area contributed by atoms with Gasteiger partial charge in [0.25, 0.3) is 0 Å². The summed E-state index contributed by atoms with van der Waals surface area (Å²) in [5.74, 6) is 0.672. The van der Waals surface area contributed by atoms with Gasteiger partial charge in [-0.2, -0.15) is 5.10 Å². The molecule has 124 valence electrons. The molecule has 0 aliphatic carbocycles. The first-order valence-electron chi connectivity index (χ1n) is 7.29. The number of H-pyrrole nitrogens is 1. The zero-order valence-electron chi connectivity index (χ0n) is 12.9. The van der Waals surface area contributed by atoms with E-state index >= 15 is 0 Å². The lowest BCUT2D eigenvalue weighted by atomic mass is 10.2. The van der Waals surface area contributed by atoms with Crippen molar-refractivity contribution in [3.05, 3.63) is 75.8 Å². The minimum atomic E-state index is -0.669. The number of nitrogens with zero attached hydrogens (tertiary/aromatic N) is 2. The Morgan fingerprint density at radius 1 is 1.12 bits per heavy atom. The first-order chi connectivity index (χ1) is 11.5. The Balaban J connectivity index is 1.77. The van der Waals surface area contributed by atoms with Crippen LogP contribution >= 0.6 is 24.0 Å². The minimum absolute atomic E-state index is 0.195. The molecule has 0 saturated heterocycles. The molecule has 3 rings (SSSR count). The maximum absolute atomic E-state index is 14.0. The van der Waals surface area contributed by atoms with Gasteiger partial charge >= 0.3 is 0 Å². The highest BCUT2D eigenvalue weighted by Gasteiger charge is 2.13. The van der Waals surface area contributed by atoms with Gasteiger partial charge in [-0.15, -0.1) is 11.8 Å². The summed E-state index contributed by atoms with van der Waals surface area (Å²) in [6.45, 7) is 2.05. The molecule has 1 N–H and O–H groups in total. The molecule has 0 aliphatic rings. The summed E-state index contributed by atoms with van der Waals surface area (Å²) >= 11 is 6.83. The summed E-state index contributed by atoms with van der Waals surface area (Å²) in [5.41, 5.74) is 2.62. The third kappa shape index (κ3) is 3.73. The highest BCUT2D eigenvalue weighted by atomic mass is 32.2. The molecule has 7 heteroatoms. The van der Waals surface area contributed by atoms with Gasteiger partial charge < -0.3 is 0 Å². The Hall–Kier alpha value is -1.99. The Morgan fingerprint density at radius 2 is 1.88 bits per heavy atom. The lowest BCUT2D eigenvalue weighted by Crippen LogP contribution is -2.03. The molecule has 1 heterocycles. The summed E-state index contributed by atoms with van der Waals surface area (Å²) in [6, 6.07) is 11.7. The number of thioether (sulfide) groups is 1. The van der Waals surface area contributed by atoms with Crippen LogP contribution in [0.4, 0.5) is 8.78 Å². The lowest BCUT2D eigenvalue weighted by Gasteiger charge is -2.08. The average molecular weight is 363 g/mol. The molecular weight excluding hydrogens is 348 g/mol. The second-order valence-electron chi connectivity index (χ2n) is 5.35. The summed E-state index contributed by atoms with van der Waals surface area (Å²) in [6.07, 6.45) is 0. The molecule has 0 radical (unpaired) electrons. The van der Waals surface area contributed by atoms with E-state index < -0.39 is 11.6 Å². The van der Waals surface area contributed by atoms with Crippen molar-refractivity contribution in [2.24, 2.45) is 0 Å². The largest absolute Gasteiger partial charge is 0.268 e. The number of hydrogen-bond donors (Lipinski definition) is 1. The van der Waals surface area contributed by atoms with Crippen molar-refractivity contribution < 1.29 is 8.78 Å². The molecule has 0 saturated carbocycles.